The molecule has 2 unspecified atom stereocenters. The van der Waals surface area contributed by atoms with E-state index in [2.05, 4.69) is 35.4 Å². The summed E-state index contributed by atoms with van der Waals surface area (Å²) < 4.78 is 11.3. The molecule has 0 bridgehead atoms. The second kappa shape index (κ2) is 7.75. The molecule has 6 nitrogen and oxygen atoms in total. The molecule has 1 aliphatic rings. The molecular formula is C22H22N4O2. The molecular weight excluding hydrogens is 352 g/mol. The molecule has 1 aliphatic heterocycles. The van der Waals surface area contributed by atoms with E-state index < -0.39 is 0 Å². The van der Waals surface area contributed by atoms with Crippen LogP contribution in [0.1, 0.15) is 30.5 Å². The van der Waals surface area contributed by atoms with Crippen molar-refractivity contribution in [2.45, 2.75) is 25.5 Å². The number of hydrogen-bond donors (Lipinski definition) is 2. The van der Waals surface area contributed by atoms with Crippen LogP contribution in [0.4, 0.5) is 11.4 Å². The molecule has 0 amide bonds. The van der Waals surface area contributed by atoms with Crippen molar-refractivity contribution < 1.29 is 9.47 Å². The number of aromatic nitrogens is 1. The molecule has 3 aromatic rings. The first-order chi connectivity index (χ1) is 13.7. The van der Waals surface area contributed by atoms with Crippen LogP contribution in [0.15, 0.2) is 48.7 Å². The Morgan fingerprint density at radius 2 is 2.14 bits per heavy atom. The summed E-state index contributed by atoms with van der Waals surface area (Å²) in [5.41, 5.74) is 9.85. The molecule has 0 radical (unpaired) electrons. The number of anilines is 2. The summed E-state index contributed by atoms with van der Waals surface area (Å²) in [4.78, 5) is 4.44. The predicted octanol–water partition coefficient (Wildman–Crippen LogP) is 4.03. The molecule has 6 heteroatoms. The van der Waals surface area contributed by atoms with Gasteiger partial charge in [0.05, 0.1) is 35.7 Å². The third-order valence-corrected chi connectivity index (χ3v) is 4.96. The zero-order valence-electron chi connectivity index (χ0n) is 15.7. The Kier molecular flexibility index (Phi) is 5.00. The predicted molar refractivity (Wildman–Crippen MR) is 109 cm³/mol. The number of pyridine rings is 1. The topological polar surface area (TPSA) is 93.2 Å². The lowest BCUT2D eigenvalue weighted by atomic mass is 10.0. The van der Waals surface area contributed by atoms with E-state index >= 15 is 0 Å². The molecule has 0 aliphatic carbocycles. The Morgan fingerprint density at radius 1 is 1.32 bits per heavy atom. The lowest BCUT2D eigenvalue weighted by Gasteiger charge is -2.20. The van der Waals surface area contributed by atoms with Crippen molar-refractivity contribution >= 4 is 22.3 Å². The highest BCUT2D eigenvalue weighted by molar-refractivity contribution is 5.97. The van der Waals surface area contributed by atoms with Crippen LogP contribution in [0.2, 0.25) is 0 Å². The number of benzene rings is 2. The van der Waals surface area contributed by atoms with E-state index in [0.29, 0.717) is 30.2 Å². The van der Waals surface area contributed by atoms with Crippen LogP contribution in [-0.2, 0) is 4.74 Å². The zero-order valence-corrected chi connectivity index (χ0v) is 15.7. The van der Waals surface area contributed by atoms with Crippen LogP contribution in [0, 0.1) is 11.3 Å². The fraction of sp³-hybridized carbons (Fsp3) is 0.273. The lowest BCUT2D eigenvalue weighted by molar-refractivity contribution is 0.142. The first-order valence-electron chi connectivity index (χ1n) is 9.34. The second-order valence-corrected chi connectivity index (χ2v) is 6.95. The lowest BCUT2D eigenvalue weighted by Crippen LogP contribution is -2.16. The maximum absolute atomic E-state index is 9.58. The molecule has 28 heavy (non-hydrogen) atoms. The maximum Gasteiger partial charge on any atom is 0.144 e. The van der Waals surface area contributed by atoms with E-state index in [1.54, 1.807) is 6.20 Å². The minimum absolute atomic E-state index is 0.00818. The minimum Gasteiger partial charge on any atom is -0.486 e. The van der Waals surface area contributed by atoms with Gasteiger partial charge in [-0.2, -0.15) is 5.26 Å². The molecule has 1 aromatic heterocycles. The van der Waals surface area contributed by atoms with Crippen molar-refractivity contribution in [3.05, 3.63) is 59.8 Å². The van der Waals surface area contributed by atoms with Gasteiger partial charge < -0.3 is 20.5 Å². The first-order valence-corrected chi connectivity index (χ1v) is 9.34. The third kappa shape index (κ3) is 3.57. The van der Waals surface area contributed by atoms with Gasteiger partial charge in [-0.1, -0.05) is 30.3 Å². The number of nitrogens with two attached hydrogens (primary N) is 1. The van der Waals surface area contributed by atoms with Gasteiger partial charge in [0.2, 0.25) is 0 Å². The summed E-state index contributed by atoms with van der Waals surface area (Å²) in [6.45, 7) is 3.33. The van der Waals surface area contributed by atoms with Gasteiger partial charge in [-0.05, 0) is 18.6 Å². The van der Waals surface area contributed by atoms with E-state index in [4.69, 9.17) is 15.2 Å². The van der Waals surface area contributed by atoms with Crippen molar-refractivity contribution in [2.24, 2.45) is 0 Å². The first kappa shape index (κ1) is 18.1. The molecule has 2 aromatic carbocycles. The Labute approximate surface area is 163 Å². The van der Waals surface area contributed by atoms with E-state index in [1.807, 2.05) is 30.3 Å². The van der Waals surface area contributed by atoms with Gasteiger partial charge in [0.25, 0.3) is 0 Å². The second-order valence-electron chi connectivity index (χ2n) is 6.95. The van der Waals surface area contributed by atoms with Gasteiger partial charge in [-0.15, -0.1) is 0 Å². The van der Waals surface area contributed by atoms with Crippen molar-refractivity contribution in [2.75, 3.05) is 24.3 Å². The van der Waals surface area contributed by atoms with Gasteiger partial charge in [-0.3, -0.25) is 4.98 Å². The summed E-state index contributed by atoms with van der Waals surface area (Å²) in [7, 11) is 0. The molecule has 4 rings (SSSR count). The average Bonchev–Trinajstić information content (AvgIpc) is 3.23. The normalized spacial score (nSPS) is 17.2. The minimum atomic E-state index is 0.00818. The number of rotatable bonds is 5. The zero-order chi connectivity index (χ0) is 19.5. The summed E-state index contributed by atoms with van der Waals surface area (Å²) in [6.07, 6.45) is 2.44. The van der Waals surface area contributed by atoms with Crippen LogP contribution in [0.25, 0.3) is 10.9 Å². The summed E-state index contributed by atoms with van der Waals surface area (Å²) in [5, 5.41) is 13.8. The number of nitrogens with one attached hydrogen (secondary N) is 1. The van der Waals surface area contributed by atoms with Crippen molar-refractivity contribution in [3.8, 4) is 11.8 Å². The van der Waals surface area contributed by atoms with Crippen molar-refractivity contribution in [1.82, 2.24) is 4.98 Å². The van der Waals surface area contributed by atoms with Gasteiger partial charge >= 0.3 is 0 Å². The molecule has 142 valence electrons. The number of hydrogen-bond acceptors (Lipinski definition) is 6. The quantitative estimate of drug-likeness (QED) is 0.655. The van der Waals surface area contributed by atoms with E-state index in [1.165, 1.54) is 0 Å². The molecule has 2 atom stereocenters. The highest BCUT2D eigenvalue weighted by Gasteiger charge is 2.20. The van der Waals surface area contributed by atoms with Crippen LogP contribution < -0.4 is 15.8 Å². The van der Waals surface area contributed by atoms with Gasteiger partial charge in [0.15, 0.2) is 0 Å². The average molecular weight is 374 g/mol. The number of ether oxygens (including phenoxy) is 2. The van der Waals surface area contributed by atoms with E-state index in [-0.39, 0.29) is 12.1 Å². The highest BCUT2D eigenvalue weighted by Crippen LogP contribution is 2.35. The van der Waals surface area contributed by atoms with E-state index in [0.717, 1.165) is 28.6 Å². The SMILES string of the molecule is CC(Nc1c(C#N)cnc2cc(OC3CCOC3)c(N)cc12)c1ccccc1. The van der Waals surface area contributed by atoms with Crippen LogP contribution >= 0.6 is 0 Å². The van der Waals surface area contributed by atoms with Crippen LogP contribution in [-0.4, -0.2) is 24.3 Å². The largest absolute Gasteiger partial charge is 0.486 e. The van der Waals surface area contributed by atoms with Gasteiger partial charge in [-0.25, -0.2) is 0 Å². The number of nitrogen functional groups attached to an aromatic ring is 1. The van der Waals surface area contributed by atoms with Gasteiger partial charge in [0, 0.05) is 30.1 Å². The summed E-state index contributed by atoms with van der Waals surface area (Å²) >= 11 is 0. The Hall–Kier alpha value is -3.30. The van der Waals surface area contributed by atoms with Gasteiger partial charge in [0.1, 0.15) is 17.9 Å². The smallest absolute Gasteiger partial charge is 0.144 e. The molecule has 2 heterocycles. The van der Waals surface area contributed by atoms with Crippen molar-refractivity contribution in [1.29, 1.82) is 5.26 Å². The summed E-state index contributed by atoms with van der Waals surface area (Å²) in [6, 6.07) is 16.0. The molecule has 0 spiro atoms. The number of nitriles is 1. The Bertz CT molecular complexity index is 1020. The van der Waals surface area contributed by atoms with Crippen LogP contribution in [0.5, 0.6) is 5.75 Å². The standard InChI is InChI=1S/C22H22N4O2/c1-14(15-5-3-2-4-6-15)26-22-16(11-23)12-25-20-10-21(19(24)9-18(20)22)28-17-7-8-27-13-17/h2-6,9-10,12,14,17H,7-8,13,24H2,1H3,(H,25,26). The molecule has 3 N–H and O–H groups in total. The summed E-state index contributed by atoms with van der Waals surface area (Å²) in [5.74, 6) is 0.599. The fourth-order valence-electron chi connectivity index (χ4n) is 3.41. The third-order valence-electron chi connectivity index (χ3n) is 4.96. The fourth-order valence-corrected chi connectivity index (χ4v) is 3.41. The Balaban J connectivity index is 1.72. The number of fused-ring (bicyclic) bond motifs is 1. The van der Waals surface area contributed by atoms with E-state index in [9.17, 15) is 5.26 Å². The van der Waals surface area contributed by atoms with Crippen LogP contribution in [0.3, 0.4) is 0 Å². The number of nitrogens with zero attached hydrogens (tertiary/aromatic N) is 2. The highest BCUT2D eigenvalue weighted by atomic mass is 16.5. The molecule has 0 saturated carbocycles. The molecule has 1 fully saturated rings. The van der Waals surface area contributed by atoms with Crippen molar-refractivity contribution in [3.63, 3.8) is 0 Å². The monoisotopic (exact) mass is 374 g/mol. The molecule has 1 saturated heterocycles. The Morgan fingerprint density at radius 3 is 2.86 bits per heavy atom. The maximum atomic E-state index is 9.58.